The van der Waals surface area contributed by atoms with E-state index in [0.717, 1.165) is 12.8 Å². The van der Waals surface area contributed by atoms with Crippen molar-refractivity contribution in [3.8, 4) is 0 Å². The van der Waals surface area contributed by atoms with Gasteiger partial charge < -0.3 is 4.74 Å². The number of esters is 1. The van der Waals surface area contributed by atoms with Gasteiger partial charge in [0.2, 0.25) is 0 Å². The number of rotatable bonds is 0. The third kappa shape index (κ3) is 0.842. The number of carbonyl (C=O) groups excluding carboxylic acids is 1. The average molecular weight is 205 g/mol. The van der Waals surface area contributed by atoms with Crippen LogP contribution in [0.25, 0.3) is 0 Å². The van der Waals surface area contributed by atoms with Gasteiger partial charge in [-0.25, -0.2) is 4.79 Å². The molecule has 3 aliphatic heterocycles. The number of ether oxygens (including phenoxy) is 1. The molecule has 0 aromatic rings. The van der Waals surface area contributed by atoms with E-state index in [4.69, 9.17) is 4.74 Å². The minimum Gasteiger partial charge on any atom is -0.450 e. The van der Waals surface area contributed by atoms with Crippen molar-refractivity contribution in [2.45, 2.75) is 49.8 Å². The summed E-state index contributed by atoms with van der Waals surface area (Å²) in [4.78, 5) is 14.0. The highest BCUT2D eigenvalue weighted by Crippen LogP contribution is 2.54. The van der Waals surface area contributed by atoms with E-state index in [2.05, 4.69) is 4.90 Å². The fourth-order valence-electron chi connectivity index (χ4n) is 4.21. The number of hydrogen-bond acceptors (Lipinski definition) is 3. The molecule has 0 amide bonds. The molecule has 1 saturated carbocycles. The van der Waals surface area contributed by atoms with Gasteiger partial charge in [-0.3, -0.25) is 4.90 Å². The van der Waals surface area contributed by atoms with Crippen LogP contribution >= 0.6 is 0 Å². The van der Waals surface area contributed by atoms with Crippen LogP contribution in [0.15, 0.2) is 11.6 Å². The van der Waals surface area contributed by atoms with E-state index < -0.39 is 0 Å². The lowest BCUT2D eigenvalue weighted by atomic mass is 9.91. The standard InChI is InChI=1S/C12H15NO2/c14-11-6-8-3-4-10-12(8,15-11)7-9-2-1-5-13(9)10/h6,9-10H,1-5,7H2/t9-,10-,12-/m0/s1. The fraction of sp³-hybridized carbons (Fsp3) is 0.750. The topological polar surface area (TPSA) is 29.5 Å². The van der Waals surface area contributed by atoms with Gasteiger partial charge in [0, 0.05) is 18.5 Å². The third-order valence-electron chi connectivity index (χ3n) is 4.71. The molecule has 1 aliphatic carbocycles. The molecule has 3 nitrogen and oxygen atoms in total. The molecule has 3 heteroatoms. The summed E-state index contributed by atoms with van der Waals surface area (Å²) in [7, 11) is 0. The number of carbonyl (C=O) groups is 1. The molecule has 0 N–H and O–H groups in total. The van der Waals surface area contributed by atoms with Crippen LogP contribution in [-0.2, 0) is 9.53 Å². The number of fused-ring (bicyclic) bond motifs is 2. The Morgan fingerprint density at radius 3 is 3.33 bits per heavy atom. The minimum absolute atomic E-state index is 0.101. The van der Waals surface area contributed by atoms with Crippen LogP contribution in [0.2, 0.25) is 0 Å². The third-order valence-corrected chi connectivity index (χ3v) is 4.71. The first-order chi connectivity index (χ1) is 7.29. The normalized spacial score (nSPS) is 47.5. The summed E-state index contributed by atoms with van der Waals surface area (Å²) in [5.41, 5.74) is 1.11. The lowest BCUT2D eigenvalue weighted by Crippen LogP contribution is -2.41. The largest absolute Gasteiger partial charge is 0.450 e. The molecule has 0 aromatic heterocycles. The Morgan fingerprint density at radius 1 is 1.47 bits per heavy atom. The molecule has 3 fully saturated rings. The monoisotopic (exact) mass is 205 g/mol. The molecule has 0 radical (unpaired) electrons. The molecule has 0 unspecified atom stereocenters. The lowest BCUT2D eigenvalue weighted by Gasteiger charge is -2.28. The van der Waals surface area contributed by atoms with Crippen LogP contribution < -0.4 is 0 Å². The van der Waals surface area contributed by atoms with E-state index >= 15 is 0 Å². The lowest BCUT2D eigenvalue weighted by molar-refractivity contribution is -0.146. The van der Waals surface area contributed by atoms with Crippen LogP contribution in [0.4, 0.5) is 0 Å². The van der Waals surface area contributed by atoms with Gasteiger partial charge in [0.15, 0.2) is 5.60 Å². The SMILES string of the molecule is O=C1C=C2CC[C@@H]3N4CCC[C@H]4C[C@]23O1. The van der Waals surface area contributed by atoms with Crippen molar-refractivity contribution in [2.24, 2.45) is 0 Å². The Morgan fingerprint density at radius 2 is 2.40 bits per heavy atom. The van der Waals surface area contributed by atoms with Crippen LogP contribution in [0.3, 0.4) is 0 Å². The summed E-state index contributed by atoms with van der Waals surface area (Å²) < 4.78 is 5.66. The summed E-state index contributed by atoms with van der Waals surface area (Å²) in [5.74, 6) is -0.101. The zero-order valence-corrected chi connectivity index (χ0v) is 8.74. The minimum atomic E-state index is -0.178. The Hall–Kier alpha value is -0.830. The molecule has 15 heavy (non-hydrogen) atoms. The predicted octanol–water partition coefficient (Wildman–Crippen LogP) is 1.24. The summed E-state index contributed by atoms with van der Waals surface area (Å²) >= 11 is 0. The summed E-state index contributed by atoms with van der Waals surface area (Å²) in [5, 5.41) is 0. The van der Waals surface area contributed by atoms with Crippen LogP contribution in [-0.4, -0.2) is 35.1 Å². The first-order valence-corrected chi connectivity index (χ1v) is 5.99. The Kier molecular flexibility index (Phi) is 1.37. The highest BCUT2D eigenvalue weighted by Gasteiger charge is 2.62. The molecular weight excluding hydrogens is 190 g/mol. The highest BCUT2D eigenvalue weighted by atomic mass is 16.6. The Bertz CT molecular complexity index is 376. The van der Waals surface area contributed by atoms with Gasteiger partial charge in [-0.05, 0) is 37.8 Å². The maximum Gasteiger partial charge on any atom is 0.331 e. The van der Waals surface area contributed by atoms with E-state index in [-0.39, 0.29) is 11.6 Å². The van der Waals surface area contributed by atoms with Gasteiger partial charge >= 0.3 is 5.97 Å². The van der Waals surface area contributed by atoms with Gasteiger partial charge in [0.1, 0.15) is 0 Å². The first kappa shape index (κ1) is 8.34. The zero-order valence-electron chi connectivity index (χ0n) is 8.74. The van der Waals surface area contributed by atoms with Gasteiger partial charge in [0.25, 0.3) is 0 Å². The summed E-state index contributed by atoms with van der Waals surface area (Å²) in [6.45, 7) is 1.21. The van der Waals surface area contributed by atoms with Crippen molar-refractivity contribution < 1.29 is 9.53 Å². The Balaban J connectivity index is 1.79. The van der Waals surface area contributed by atoms with Crippen molar-refractivity contribution in [1.82, 2.24) is 4.90 Å². The summed E-state index contributed by atoms with van der Waals surface area (Å²) in [6, 6.07) is 1.19. The van der Waals surface area contributed by atoms with E-state index in [0.29, 0.717) is 12.1 Å². The second-order valence-electron chi connectivity index (χ2n) is 5.27. The fourth-order valence-corrected chi connectivity index (χ4v) is 4.21. The molecule has 0 aromatic carbocycles. The van der Waals surface area contributed by atoms with Crippen LogP contribution in [0.1, 0.15) is 32.1 Å². The quantitative estimate of drug-likeness (QED) is 0.557. The molecule has 3 heterocycles. The molecule has 2 saturated heterocycles. The predicted molar refractivity (Wildman–Crippen MR) is 54.3 cm³/mol. The van der Waals surface area contributed by atoms with Gasteiger partial charge in [0.05, 0.1) is 6.04 Å². The van der Waals surface area contributed by atoms with E-state index in [1.807, 2.05) is 0 Å². The maximum atomic E-state index is 11.4. The van der Waals surface area contributed by atoms with Gasteiger partial charge in [-0.1, -0.05) is 0 Å². The molecular formula is C12H15NO2. The zero-order chi connectivity index (χ0) is 10.0. The van der Waals surface area contributed by atoms with Crippen molar-refractivity contribution >= 4 is 5.97 Å². The van der Waals surface area contributed by atoms with E-state index in [1.165, 1.54) is 31.4 Å². The number of hydrogen-bond donors (Lipinski definition) is 0. The second kappa shape index (κ2) is 2.46. The average Bonchev–Trinajstić information content (AvgIpc) is 2.81. The molecule has 0 bridgehead atoms. The molecule has 4 aliphatic rings. The van der Waals surface area contributed by atoms with Crippen molar-refractivity contribution in [3.63, 3.8) is 0 Å². The number of nitrogens with zero attached hydrogens (tertiary/aromatic N) is 1. The highest BCUT2D eigenvalue weighted by molar-refractivity contribution is 5.87. The summed E-state index contributed by atoms with van der Waals surface area (Å²) in [6.07, 6.45) is 7.69. The maximum absolute atomic E-state index is 11.4. The van der Waals surface area contributed by atoms with E-state index in [9.17, 15) is 4.79 Å². The van der Waals surface area contributed by atoms with Crippen molar-refractivity contribution in [2.75, 3.05) is 6.54 Å². The van der Waals surface area contributed by atoms with Gasteiger partial charge in [-0.2, -0.15) is 0 Å². The Labute approximate surface area is 89.1 Å². The molecule has 80 valence electrons. The van der Waals surface area contributed by atoms with Gasteiger partial charge in [-0.15, -0.1) is 0 Å². The molecule has 3 atom stereocenters. The first-order valence-electron chi connectivity index (χ1n) is 5.99. The van der Waals surface area contributed by atoms with E-state index in [1.54, 1.807) is 6.08 Å². The molecule has 1 spiro atoms. The van der Waals surface area contributed by atoms with Crippen LogP contribution in [0, 0.1) is 0 Å². The molecule has 4 rings (SSSR count). The van der Waals surface area contributed by atoms with Crippen molar-refractivity contribution in [3.05, 3.63) is 11.6 Å². The van der Waals surface area contributed by atoms with Crippen molar-refractivity contribution in [1.29, 1.82) is 0 Å². The second-order valence-corrected chi connectivity index (χ2v) is 5.27. The smallest absolute Gasteiger partial charge is 0.331 e. The van der Waals surface area contributed by atoms with Crippen LogP contribution in [0.5, 0.6) is 0 Å².